The van der Waals surface area contributed by atoms with Gasteiger partial charge in [-0.1, -0.05) is 38.8 Å². The summed E-state index contributed by atoms with van der Waals surface area (Å²) in [4.78, 5) is 4.05. The van der Waals surface area contributed by atoms with Gasteiger partial charge >= 0.3 is 0 Å². The van der Waals surface area contributed by atoms with Gasteiger partial charge in [0.25, 0.3) is 10.0 Å². The van der Waals surface area contributed by atoms with Crippen LogP contribution < -0.4 is 4.72 Å². The lowest BCUT2D eigenvalue weighted by Gasteiger charge is -2.28. The van der Waals surface area contributed by atoms with Crippen LogP contribution in [0.2, 0.25) is 0 Å². The van der Waals surface area contributed by atoms with Crippen molar-refractivity contribution in [2.24, 2.45) is 7.05 Å². The smallest absolute Gasteiger partial charge is 0.260 e. The largest absolute Gasteiger partial charge is 0.337 e. The zero-order valence-electron chi connectivity index (χ0n) is 10.6. The molecule has 0 atom stereocenters. The highest BCUT2D eigenvalue weighted by Crippen LogP contribution is 2.20. The van der Waals surface area contributed by atoms with Crippen LogP contribution in [0.3, 0.4) is 0 Å². The van der Waals surface area contributed by atoms with Gasteiger partial charge in [0.15, 0.2) is 5.03 Å². The Morgan fingerprint density at radius 2 is 2.00 bits per heavy atom. The Hall–Kier alpha value is 0.0800. The van der Waals surface area contributed by atoms with E-state index in [-0.39, 0.29) is 5.03 Å². The maximum atomic E-state index is 12.3. The average Bonchev–Trinajstić information content (AvgIpc) is 2.68. The van der Waals surface area contributed by atoms with Gasteiger partial charge in [0.1, 0.15) is 5.82 Å². The van der Waals surface area contributed by atoms with E-state index in [4.69, 9.17) is 0 Å². The van der Waals surface area contributed by atoms with E-state index in [1.807, 2.05) is 6.92 Å². The number of hydrogen-bond acceptors (Lipinski definition) is 3. The second kappa shape index (κ2) is 6.02. The number of hydrogen-bond donors (Lipinski definition) is 1. The van der Waals surface area contributed by atoms with Crippen molar-refractivity contribution >= 4 is 41.9 Å². The highest BCUT2D eigenvalue weighted by molar-refractivity contribution is 9.09. The zero-order chi connectivity index (χ0) is 14.0. The molecular formula is C10H17Br2N3O2S. The van der Waals surface area contributed by atoms with Crippen LogP contribution in [-0.2, 0) is 17.1 Å². The van der Waals surface area contributed by atoms with Gasteiger partial charge in [0.2, 0.25) is 0 Å². The van der Waals surface area contributed by atoms with Crippen LogP contribution in [0.5, 0.6) is 0 Å². The van der Waals surface area contributed by atoms with Gasteiger partial charge < -0.3 is 4.57 Å². The van der Waals surface area contributed by atoms with E-state index >= 15 is 0 Å². The summed E-state index contributed by atoms with van der Waals surface area (Å²) in [6.45, 7) is 3.70. The minimum Gasteiger partial charge on any atom is -0.337 e. The van der Waals surface area contributed by atoms with Crippen LogP contribution in [-0.4, -0.2) is 34.2 Å². The fourth-order valence-electron chi connectivity index (χ4n) is 1.34. The molecule has 1 rings (SSSR count). The molecule has 0 saturated carbocycles. The second-order valence-corrected chi connectivity index (χ2v) is 6.99. The summed E-state index contributed by atoms with van der Waals surface area (Å²) in [5.74, 6) is 0.662. The van der Waals surface area contributed by atoms with Crippen LogP contribution in [0.1, 0.15) is 19.2 Å². The molecule has 0 aromatic carbocycles. The van der Waals surface area contributed by atoms with E-state index in [1.54, 1.807) is 18.5 Å². The number of nitrogens with one attached hydrogen (secondary N) is 1. The van der Waals surface area contributed by atoms with Crippen molar-refractivity contribution < 1.29 is 8.42 Å². The van der Waals surface area contributed by atoms with E-state index in [1.165, 1.54) is 6.20 Å². The van der Waals surface area contributed by atoms with Gasteiger partial charge in [0, 0.05) is 23.9 Å². The monoisotopic (exact) mass is 401 g/mol. The molecule has 8 heteroatoms. The molecule has 0 bridgehead atoms. The first kappa shape index (κ1) is 16.1. The average molecular weight is 403 g/mol. The van der Waals surface area contributed by atoms with Gasteiger partial charge in [-0.25, -0.2) is 18.1 Å². The summed E-state index contributed by atoms with van der Waals surface area (Å²) in [7, 11) is -1.83. The van der Waals surface area contributed by atoms with E-state index < -0.39 is 15.6 Å². The normalized spacial score (nSPS) is 12.9. The molecule has 0 aliphatic rings. The van der Waals surface area contributed by atoms with Crippen molar-refractivity contribution in [1.82, 2.24) is 14.3 Å². The molecule has 0 aliphatic carbocycles. The number of alkyl halides is 2. The fraction of sp³-hybridized carbons (Fsp3) is 0.700. The zero-order valence-corrected chi connectivity index (χ0v) is 14.6. The Labute approximate surface area is 125 Å². The molecule has 1 N–H and O–H groups in total. The van der Waals surface area contributed by atoms with Crippen molar-refractivity contribution in [2.45, 2.75) is 30.8 Å². The predicted octanol–water partition coefficient (Wildman–Crippen LogP) is 1.95. The molecule has 1 aromatic rings. The van der Waals surface area contributed by atoms with Crippen LogP contribution in [0.4, 0.5) is 0 Å². The van der Waals surface area contributed by atoms with Crippen LogP contribution >= 0.6 is 31.9 Å². The molecule has 0 fully saturated rings. The molecule has 0 saturated heterocycles. The number of nitrogens with zero attached hydrogens (tertiary/aromatic N) is 2. The highest BCUT2D eigenvalue weighted by atomic mass is 79.9. The third kappa shape index (κ3) is 3.34. The minimum atomic E-state index is -3.60. The molecule has 0 aliphatic heterocycles. The first-order chi connectivity index (χ1) is 8.30. The minimum absolute atomic E-state index is 0.0576. The Morgan fingerprint density at radius 1 is 1.44 bits per heavy atom. The maximum absolute atomic E-state index is 12.3. The predicted molar refractivity (Wildman–Crippen MR) is 78.9 cm³/mol. The Balaban J connectivity index is 3.08. The van der Waals surface area contributed by atoms with Gasteiger partial charge in [-0.3, -0.25) is 0 Å². The summed E-state index contributed by atoms with van der Waals surface area (Å²) in [6.07, 6.45) is 2.19. The van der Waals surface area contributed by atoms with Crippen molar-refractivity contribution in [3.63, 3.8) is 0 Å². The molecule has 1 aromatic heterocycles. The van der Waals surface area contributed by atoms with Crippen molar-refractivity contribution in [3.05, 3.63) is 12.0 Å². The number of aryl methyl sites for hydroxylation is 2. The van der Waals surface area contributed by atoms with Crippen molar-refractivity contribution in [3.8, 4) is 0 Å². The maximum Gasteiger partial charge on any atom is 0.260 e. The third-order valence-electron chi connectivity index (χ3n) is 2.90. The molecule has 1 heterocycles. The molecule has 5 nitrogen and oxygen atoms in total. The van der Waals surface area contributed by atoms with Gasteiger partial charge in [-0.15, -0.1) is 0 Å². The van der Waals surface area contributed by atoms with E-state index in [2.05, 4.69) is 41.6 Å². The van der Waals surface area contributed by atoms with Crippen LogP contribution in [0, 0.1) is 6.92 Å². The number of aromatic nitrogens is 2. The van der Waals surface area contributed by atoms with Crippen LogP contribution in [0.25, 0.3) is 0 Å². The van der Waals surface area contributed by atoms with Gasteiger partial charge in [-0.05, 0) is 13.3 Å². The number of sulfonamides is 1. The molecule has 0 radical (unpaired) electrons. The Kier molecular flexibility index (Phi) is 5.40. The molecule has 18 heavy (non-hydrogen) atoms. The summed E-state index contributed by atoms with van der Waals surface area (Å²) in [5, 5.41) is 1.13. The first-order valence-electron chi connectivity index (χ1n) is 5.46. The quantitative estimate of drug-likeness (QED) is 0.739. The SMILES string of the molecule is CCC(CBr)(CBr)NS(=O)(=O)c1cn(C)c(C)n1. The summed E-state index contributed by atoms with van der Waals surface area (Å²) < 4.78 is 28.9. The summed E-state index contributed by atoms with van der Waals surface area (Å²) in [5.41, 5.74) is -0.537. The topological polar surface area (TPSA) is 64.0 Å². The summed E-state index contributed by atoms with van der Waals surface area (Å²) in [6, 6.07) is 0. The molecule has 0 amide bonds. The number of imidazole rings is 1. The highest BCUT2D eigenvalue weighted by Gasteiger charge is 2.33. The van der Waals surface area contributed by atoms with Crippen molar-refractivity contribution in [1.29, 1.82) is 0 Å². The van der Waals surface area contributed by atoms with Gasteiger partial charge in [-0.2, -0.15) is 0 Å². The first-order valence-corrected chi connectivity index (χ1v) is 9.18. The lowest BCUT2D eigenvalue weighted by atomic mass is 10.0. The standard InChI is InChI=1S/C10H17Br2N3O2S/c1-4-10(6-11,7-12)14-18(16,17)9-5-15(3)8(2)13-9/h5,14H,4,6-7H2,1-3H3. The fourth-order valence-corrected chi connectivity index (χ4v) is 5.23. The Bertz CT molecular complexity index is 481. The molecule has 0 spiro atoms. The van der Waals surface area contributed by atoms with E-state index in [0.717, 1.165) is 0 Å². The Morgan fingerprint density at radius 3 is 2.33 bits per heavy atom. The summed E-state index contributed by atoms with van der Waals surface area (Å²) >= 11 is 6.71. The van der Waals surface area contributed by atoms with E-state index in [0.29, 0.717) is 22.9 Å². The van der Waals surface area contributed by atoms with Crippen molar-refractivity contribution in [2.75, 3.05) is 10.7 Å². The van der Waals surface area contributed by atoms with E-state index in [9.17, 15) is 8.42 Å². The van der Waals surface area contributed by atoms with Gasteiger partial charge in [0.05, 0.1) is 5.54 Å². The molecular weight excluding hydrogens is 386 g/mol. The number of halogens is 2. The van der Waals surface area contributed by atoms with Crippen LogP contribution in [0.15, 0.2) is 11.2 Å². The lowest BCUT2D eigenvalue weighted by molar-refractivity contribution is 0.458. The molecule has 104 valence electrons. The second-order valence-electron chi connectivity index (χ2n) is 4.24. The molecule has 0 unspecified atom stereocenters. The number of rotatable bonds is 6. The lowest BCUT2D eigenvalue weighted by Crippen LogP contribution is -2.51. The third-order valence-corrected chi connectivity index (χ3v) is 6.50.